The van der Waals surface area contributed by atoms with Gasteiger partial charge in [0.1, 0.15) is 9.95 Å². The second kappa shape index (κ2) is 8.32. The molecule has 31 heavy (non-hydrogen) atoms. The number of rotatable bonds is 5. The fraction of sp³-hybridized carbons (Fsp3) is 0.208. The minimum atomic E-state index is -0.332. The van der Waals surface area contributed by atoms with E-state index in [4.69, 9.17) is 9.72 Å². The van der Waals surface area contributed by atoms with E-state index in [0.717, 1.165) is 16.0 Å². The third kappa shape index (κ3) is 4.03. The molecule has 0 bridgehead atoms. The van der Waals surface area contributed by atoms with Crippen molar-refractivity contribution in [3.05, 3.63) is 82.1 Å². The van der Waals surface area contributed by atoms with E-state index in [1.54, 1.807) is 4.57 Å². The van der Waals surface area contributed by atoms with Crippen molar-refractivity contribution >= 4 is 39.3 Å². The van der Waals surface area contributed by atoms with Gasteiger partial charge in [-0.3, -0.25) is 14.2 Å². The highest BCUT2D eigenvalue weighted by Gasteiger charge is 2.30. The monoisotopic (exact) mass is 448 g/mol. The van der Waals surface area contributed by atoms with Gasteiger partial charge in [-0.05, 0) is 24.1 Å². The number of ether oxygens (including phenoxy) is 1. The summed E-state index contributed by atoms with van der Waals surface area (Å²) >= 11 is 2.79. The summed E-state index contributed by atoms with van der Waals surface area (Å²) in [6.07, 6.45) is 0.626. The van der Waals surface area contributed by atoms with Crippen molar-refractivity contribution in [1.82, 2.24) is 9.55 Å². The molecule has 5 nitrogen and oxygen atoms in total. The molecule has 1 fully saturated rings. The van der Waals surface area contributed by atoms with E-state index < -0.39 is 0 Å². The van der Waals surface area contributed by atoms with Crippen molar-refractivity contribution in [2.24, 2.45) is 0 Å². The van der Waals surface area contributed by atoms with Crippen LogP contribution in [0.5, 0.6) is 0 Å². The summed E-state index contributed by atoms with van der Waals surface area (Å²) in [4.78, 5) is 31.4. The van der Waals surface area contributed by atoms with Gasteiger partial charge in [0, 0.05) is 11.3 Å². The number of thioether (sulfide) groups is 1. The van der Waals surface area contributed by atoms with Crippen LogP contribution in [0.1, 0.15) is 17.5 Å². The van der Waals surface area contributed by atoms with Gasteiger partial charge in [0.2, 0.25) is 0 Å². The molecule has 0 aliphatic carbocycles. The summed E-state index contributed by atoms with van der Waals surface area (Å²) in [5.74, 6) is -0.240. The van der Waals surface area contributed by atoms with Gasteiger partial charge < -0.3 is 4.74 Å². The zero-order valence-corrected chi connectivity index (χ0v) is 18.5. The first kappa shape index (κ1) is 20.0. The smallest absolute Gasteiger partial charge is 0.319 e. The number of aromatic nitrogens is 2. The molecule has 1 aliphatic rings. The topological polar surface area (TPSA) is 61.2 Å². The first-order chi connectivity index (χ1) is 15.1. The van der Waals surface area contributed by atoms with Gasteiger partial charge in [-0.15, -0.1) is 11.3 Å². The lowest BCUT2D eigenvalue weighted by atomic mass is 10.1. The minimum absolute atomic E-state index is 0.0777. The third-order valence-corrected chi connectivity index (χ3v) is 7.65. The number of thiophene rings is 1. The Balaban J connectivity index is 1.62. The molecule has 4 aromatic rings. The molecule has 0 radical (unpaired) electrons. The van der Waals surface area contributed by atoms with Gasteiger partial charge in [0.15, 0.2) is 5.16 Å². The minimum Gasteiger partial charge on any atom is -0.465 e. The molecule has 3 heterocycles. The zero-order chi connectivity index (χ0) is 21.4. The molecular weight excluding hydrogens is 428 g/mol. The van der Waals surface area contributed by atoms with E-state index in [9.17, 15) is 9.59 Å². The lowest BCUT2D eigenvalue weighted by molar-refractivity contribution is -0.137. The predicted octanol–water partition coefficient (Wildman–Crippen LogP) is 4.89. The molecule has 1 saturated heterocycles. The van der Waals surface area contributed by atoms with E-state index >= 15 is 0 Å². The van der Waals surface area contributed by atoms with Crippen LogP contribution in [0, 0.1) is 6.92 Å². The van der Waals surface area contributed by atoms with Gasteiger partial charge in [0.25, 0.3) is 5.56 Å². The zero-order valence-electron chi connectivity index (χ0n) is 16.9. The van der Waals surface area contributed by atoms with Crippen molar-refractivity contribution in [2.75, 3.05) is 6.61 Å². The standard InChI is InChI=1S/C24H20N2O3S2/c1-15-7-9-17(10-8-15)20-13-18-21(30-20)22(27)26(14-16-5-3-2-4-6-16)24(25-18)31-19-11-12-29-23(19)28/h2-10,13,19H,11-12,14H2,1H3. The summed E-state index contributed by atoms with van der Waals surface area (Å²) in [6, 6.07) is 20.0. The van der Waals surface area contributed by atoms with Crippen LogP contribution < -0.4 is 5.56 Å². The van der Waals surface area contributed by atoms with Gasteiger partial charge in [-0.2, -0.15) is 0 Å². The highest BCUT2D eigenvalue weighted by atomic mass is 32.2. The third-order valence-electron chi connectivity index (χ3n) is 5.25. The molecule has 1 atom stereocenters. The SMILES string of the molecule is Cc1ccc(-c2cc3nc(SC4CCOC4=O)n(Cc4ccccc4)c(=O)c3s2)cc1. The van der Waals surface area contributed by atoms with Crippen LogP contribution in [0.3, 0.4) is 0 Å². The molecule has 2 aromatic carbocycles. The lowest BCUT2D eigenvalue weighted by Gasteiger charge is -2.13. The summed E-state index contributed by atoms with van der Waals surface area (Å²) < 4.78 is 7.43. The first-order valence-electron chi connectivity index (χ1n) is 10.1. The molecule has 156 valence electrons. The number of cyclic esters (lactones) is 1. The molecule has 0 spiro atoms. The second-order valence-corrected chi connectivity index (χ2v) is 9.75. The molecule has 1 unspecified atom stereocenters. The van der Waals surface area contributed by atoms with E-state index in [1.807, 2.05) is 36.4 Å². The molecule has 0 amide bonds. The van der Waals surface area contributed by atoms with Gasteiger partial charge >= 0.3 is 5.97 Å². The average molecular weight is 449 g/mol. The second-order valence-electron chi connectivity index (χ2n) is 7.52. The highest BCUT2D eigenvalue weighted by Crippen LogP contribution is 2.34. The number of carbonyl (C=O) groups is 1. The van der Waals surface area contributed by atoms with Gasteiger partial charge in [-0.25, -0.2) is 4.98 Å². The Morgan fingerprint density at radius 2 is 1.90 bits per heavy atom. The number of hydrogen-bond donors (Lipinski definition) is 0. The van der Waals surface area contributed by atoms with E-state index in [0.29, 0.717) is 34.9 Å². The Morgan fingerprint density at radius 3 is 2.61 bits per heavy atom. The molecule has 0 saturated carbocycles. The number of aryl methyl sites for hydroxylation is 1. The summed E-state index contributed by atoms with van der Waals surface area (Å²) in [6.45, 7) is 2.87. The number of esters is 1. The van der Waals surface area contributed by atoms with Crippen molar-refractivity contribution in [3.63, 3.8) is 0 Å². The molecule has 7 heteroatoms. The van der Waals surface area contributed by atoms with Crippen LogP contribution in [-0.4, -0.2) is 27.4 Å². The summed E-state index contributed by atoms with van der Waals surface area (Å²) in [7, 11) is 0. The Morgan fingerprint density at radius 1 is 1.13 bits per heavy atom. The first-order valence-corrected chi connectivity index (χ1v) is 11.8. The molecule has 2 aromatic heterocycles. The van der Waals surface area contributed by atoms with Crippen LogP contribution in [0.4, 0.5) is 0 Å². The summed E-state index contributed by atoms with van der Waals surface area (Å²) in [5.41, 5.74) is 3.86. The average Bonchev–Trinajstić information content (AvgIpc) is 3.39. The van der Waals surface area contributed by atoms with Crippen molar-refractivity contribution in [3.8, 4) is 10.4 Å². The fourth-order valence-corrected chi connectivity index (χ4v) is 5.67. The summed E-state index contributed by atoms with van der Waals surface area (Å²) in [5, 5.41) is 0.222. The molecular formula is C24H20N2O3S2. The number of benzene rings is 2. The van der Waals surface area contributed by atoms with E-state index in [2.05, 4.69) is 31.2 Å². The number of carbonyl (C=O) groups excluding carboxylic acids is 1. The molecule has 5 rings (SSSR count). The fourth-order valence-electron chi connectivity index (χ4n) is 3.56. The van der Waals surface area contributed by atoms with Crippen molar-refractivity contribution in [2.45, 2.75) is 30.3 Å². The highest BCUT2D eigenvalue weighted by molar-refractivity contribution is 8.00. The maximum Gasteiger partial charge on any atom is 0.319 e. The van der Waals surface area contributed by atoms with Gasteiger partial charge in [0.05, 0.1) is 18.7 Å². The Hall–Kier alpha value is -2.90. The van der Waals surface area contributed by atoms with Crippen LogP contribution in [0.25, 0.3) is 20.7 Å². The molecule has 0 N–H and O–H groups in total. The van der Waals surface area contributed by atoms with E-state index in [-0.39, 0.29) is 16.8 Å². The van der Waals surface area contributed by atoms with Gasteiger partial charge in [-0.1, -0.05) is 71.9 Å². The van der Waals surface area contributed by atoms with Crippen molar-refractivity contribution in [1.29, 1.82) is 0 Å². The lowest BCUT2D eigenvalue weighted by Crippen LogP contribution is -2.24. The number of nitrogens with zero attached hydrogens (tertiary/aromatic N) is 2. The predicted molar refractivity (Wildman–Crippen MR) is 125 cm³/mol. The Bertz CT molecular complexity index is 1310. The maximum atomic E-state index is 13.5. The Kier molecular flexibility index (Phi) is 5.38. The van der Waals surface area contributed by atoms with Crippen LogP contribution in [-0.2, 0) is 16.1 Å². The molecule has 1 aliphatic heterocycles. The number of fused-ring (bicyclic) bond motifs is 1. The van der Waals surface area contributed by atoms with Crippen LogP contribution >= 0.6 is 23.1 Å². The quantitative estimate of drug-likeness (QED) is 0.321. The van der Waals surface area contributed by atoms with Crippen LogP contribution in [0.15, 0.2) is 70.6 Å². The maximum absolute atomic E-state index is 13.5. The largest absolute Gasteiger partial charge is 0.465 e. The Labute approximate surface area is 187 Å². The van der Waals surface area contributed by atoms with Crippen molar-refractivity contribution < 1.29 is 9.53 Å². The van der Waals surface area contributed by atoms with E-state index in [1.165, 1.54) is 28.7 Å². The normalized spacial score (nSPS) is 16.0. The number of hydrogen-bond acceptors (Lipinski definition) is 6. The van der Waals surface area contributed by atoms with Crippen LogP contribution in [0.2, 0.25) is 0 Å².